The van der Waals surface area contributed by atoms with E-state index < -0.39 is 0 Å². The van der Waals surface area contributed by atoms with Crippen LogP contribution in [0.3, 0.4) is 0 Å². The maximum absolute atomic E-state index is 6.17. The summed E-state index contributed by atoms with van der Waals surface area (Å²) in [7, 11) is 3.48. The van der Waals surface area contributed by atoms with Gasteiger partial charge in [0, 0.05) is 65.0 Å². The van der Waals surface area contributed by atoms with Crippen LogP contribution in [0.25, 0.3) is 172 Å². The van der Waals surface area contributed by atoms with E-state index in [2.05, 4.69) is 302 Å². The predicted octanol–water partition coefficient (Wildman–Crippen LogP) is 20.4. The molecule has 0 aliphatic heterocycles. The molecule has 19 rings (SSSR count). The standard InChI is InChI=1S/C83H54N8O2/c1-92-53-45-47-73-63(49-53)64-50-54(93-2)46-48-74(64)91(73)80-78(89-69-41-21-13-33-59(69)60-34-14-22-42-70(60)89)76(87-65-37-17-9-29-55(65)56-30-10-18-38-66(56)87)75(83-85-81(51-25-5-3-6-26-51)84-82(86-83)52-27-7-4-8-28-52)77(88-67-39-19-11-31-57(67)58-32-12-20-40-68(58)88)79(80)90-71-43-23-15-35-61(71)62-36-16-24-44-72(62)90/h3-50H,1-2H3. The number of fused-ring (bicyclic) bond motifs is 15. The molecule has 10 heteroatoms. The number of ether oxygens (including phenoxy) is 2. The van der Waals surface area contributed by atoms with Gasteiger partial charge in [-0.15, -0.1) is 0 Å². The summed E-state index contributed by atoms with van der Waals surface area (Å²) in [5.74, 6) is 3.02. The fourth-order valence-electron chi connectivity index (χ4n) is 15.0. The number of rotatable bonds is 10. The third-order valence-corrected chi connectivity index (χ3v) is 18.9. The van der Waals surface area contributed by atoms with Crippen molar-refractivity contribution < 1.29 is 9.47 Å². The largest absolute Gasteiger partial charge is 0.497 e. The average molecular weight is 1200 g/mol. The van der Waals surface area contributed by atoms with Crippen LogP contribution in [0.4, 0.5) is 0 Å². The summed E-state index contributed by atoms with van der Waals surface area (Å²) < 4.78 is 25.0. The van der Waals surface area contributed by atoms with Gasteiger partial charge >= 0.3 is 0 Å². The Balaban J connectivity index is 1.21. The van der Waals surface area contributed by atoms with Gasteiger partial charge in [-0.1, -0.05) is 206 Å². The second-order valence-corrected chi connectivity index (χ2v) is 23.7. The van der Waals surface area contributed by atoms with Gasteiger partial charge in [-0.25, -0.2) is 15.0 Å². The van der Waals surface area contributed by atoms with Crippen molar-refractivity contribution in [3.05, 3.63) is 291 Å². The molecular formula is C83H54N8O2. The summed E-state index contributed by atoms with van der Waals surface area (Å²) in [6.45, 7) is 0. The molecule has 0 fully saturated rings. The third kappa shape index (κ3) is 7.66. The maximum atomic E-state index is 6.17. The first kappa shape index (κ1) is 52.4. The highest BCUT2D eigenvalue weighted by molar-refractivity contribution is 6.19. The van der Waals surface area contributed by atoms with Crippen LogP contribution < -0.4 is 9.47 Å². The number of hydrogen-bond acceptors (Lipinski definition) is 5. The fourth-order valence-corrected chi connectivity index (χ4v) is 15.0. The van der Waals surface area contributed by atoms with E-state index in [0.717, 1.165) is 166 Å². The fraction of sp³-hybridized carbons (Fsp3) is 0.0241. The molecule has 93 heavy (non-hydrogen) atoms. The molecule has 0 N–H and O–H groups in total. The minimum atomic E-state index is 0.476. The van der Waals surface area contributed by atoms with Crippen molar-refractivity contribution in [3.8, 4) is 74.1 Å². The Labute approximate surface area is 532 Å². The van der Waals surface area contributed by atoms with Crippen LogP contribution in [-0.2, 0) is 0 Å². The summed E-state index contributed by atoms with van der Waals surface area (Å²) in [5, 5.41) is 10.8. The van der Waals surface area contributed by atoms with Crippen LogP contribution in [0.2, 0.25) is 0 Å². The monoisotopic (exact) mass is 1190 g/mol. The Hall–Kier alpha value is -12.5. The highest BCUT2D eigenvalue weighted by Gasteiger charge is 2.38. The molecule has 13 aromatic carbocycles. The quantitative estimate of drug-likeness (QED) is 0.136. The van der Waals surface area contributed by atoms with Gasteiger partial charge < -0.3 is 32.3 Å². The van der Waals surface area contributed by atoms with Gasteiger partial charge in [0.1, 0.15) is 11.5 Å². The maximum Gasteiger partial charge on any atom is 0.168 e. The summed E-state index contributed by atoms with van der Waals surface area (Å²) in [5.41, 5.74) is 16.8. The highest BCUT2D eigenvalue weighted by atomic mass is 16.5. The normalized spacial score (nSPS) is 12.0. The molecule has 0 saturated carbocycles. The van der Waals surface area contributed by atoms with Crippen molar-refractivity contribution in [1.82, 2.24) is 37.8 Å². The number of hydrogen-bond donors (Lipinski definition) is 0. The van der Waals surface area contributed by atoms with Gasteiger partial charge in [-0.3, -0.25) is 0 Å². The molecule has 0 saturated heterocycles. The van der Waals surface area contributed by atoms with Crippen LogP contribution in [0.1, 0.15) is 0 Å². The zero-order chi connectivity index (χ0) is 61.4. The zero-order valence-electron chi connectivity index (χ0n) is 50.6. The molecular weight excluding hydrogens is 1140 g/mol. The average Bonchev–Trinajstić information content (AvgIpc) is 1.61. The molecule has 0 bridgehead atoms. The SMILES string of the molecule is COc1ccc2c(c1)c1cc(OC)ccc1n2-c1c(-n2c3ccccc3c3ccccc32)c(-n2c3ccccc3c3ccccc32)c(-c2nc(-c3ccccc3)nc(-c3ccccc3)n2)c(-n2c3ccccc3c3ccccc32)c1-n1c2ccccc2c2ccccc21. The Bertz CT molecular complexity index is 5700. The molecule has 438 valence electrons. The molecule has 0 amide bonds. The van der Waals surface area contributed by atoms with E-state index in [-0.39, 0.29) is 0 Å². The van der Waals surface area contributed by atoms with E-state index in [1.807, 2.05) is 12.1 Å². The minimum absolute atomic E-state index is 0.476. The van der Waals surface area contributed by atoms with Crippen molar-refractivity contribution in [2.75, 3.05) is 14.2 Å². The highest BCUT2D eigenvalue weighted by Crippen LogP contribution is 2.54. The lowest BCUT2D eigenvalue weighted by Gasteiger charge is -2.31. The summed E-state index contributed by atoms with van der Waals surface area (Å²) in [6.07, 6.45) is 0. The second kappa shape index (κ2) is 20.5. The number of para-hydroxylation sites is 8. The lowest BCUT2D eigenvalue weighted by atomic mass is 9.99. The zero-order valence-corrected chi connectivity index (χ0v) is 50.6. The van der Waals surface area contributed by atoms with E-state index in [0.29, 0.717) is 17.5 Å². The molecule has 10 nitrogen and oxygen atoms in total. The molecule has 0 aliphatic carbocycles. The van der Waals surface area contributed by atoms with Gasteiger partial charge in [-0.2, -0.15) is 0 Å². The van der Waals surface area contributed by atoms with Crippen LogP contribution in [0, 0.1) is 0 Å². The van der Waals surface area contributed by atoms with Crippen molar-refractivity contribution in [2.45, 2.75) is 0 Å². The van der Waals surface area contributed by atoms with E-state index in [1.54, 1.807) is 14.2 Å². The lowest BCUT2D eigenvalue weighted by Crippen LogP contribution is -2.19. The van der Waals surface area contributed by atoms with Crippen molar-refractivity contribution in [1.29, 1.82) is 0 Å². The van der Waals surface area contributed by atoms with Crippen molar-refractivity contribution >= 4 is 109 Å². The third-order valence-electron chi connectivity index (χ3n) is 18.9. The van der Waals surface area contributed by atoms with E-state index in [4.69, 9.17) is 24.4 Å². The molecule has 0 atom stereocenters. The Morgan fingerprint density at radius 3 is 0.720 bits per heavy atom. The van der Waals surface area contributed by atoms with Crippen molar-refractivity contribution in [3.63, 3.8) is 0 Å². The molecule has 6 heterocycles. The Morgan fingerprint density at radius 2 is 0.441 bits per heavy atom. The van der Waals surface area contributed by atoms with Gasteiger partial charge in [0.25, 0.3) is 0 Å². The first-order valence-electron chi connectivity index (χ1n) is 31.3. The van der Waals surface area contributed by atoms with Crippen molar-refractivity contribution in [2.24, 2.45) is 0 Å². The first-order valence-corrected chi connectivity index (χ1v) is 31.3. The number of methoxy groups -OCH3 is 2. The molecule has 0 aliphatic rings. The molecule has 0 unspecified atom stereocenters. The number of nitrogens with zero attached hydrogens (tertiary/aromatic N) is 8. The number of benzene rings is 13. The lowest BCUT2D eigenvalue weighted by molar-refractivity contribution is 0.415. The second-order valence-electron chi connectivity index (χ2n) is 23.7. The smallest absolute Gasteiger partial charge is 0.168 e. The minimum Gasteiger partial charge on any atom is -0.497 e. The molecule has 0 radical (unpaired) electrons. The molecule has 6 aromatic heterocycles. The van der Waals surface area contributed by atoms with Crippen LogP contribution in [0.5, 0.6) is 11.5 Å². The molecule has 0 spiro atoms. The van der Waals surface area contributed by atoms with Crippen LogP contribution in [-0.4, -0.2) is 52.0 Å². The Kier molecular flexibility index (Phi) is 11.6. The van der Waals surface area contributed by atoms with Gasteiger partial charge in [0.2, 0.25) is 0 Å². The van der Waals surface area contributed by atoms with Gasteiger partial charge in [-0.05, 0) is 84.9 Å². The topological polar surface area (TPSA) is 81.8 Å². The van der Waals surface area contributed by atoms with Crippen LogP contribution >= 0.6 is 0 Å². The van der Waals surface area contributed by atoms with E-state index in [9.17, 15) is 0 Å². The first-order chi connectivity index (χ1) is 46.1. The predicted molar refractivity (Wildman–Crippen MR) is 381 cm³/mol. The van der Waals surface area contributed by atoms with Gasteiger partial charge in [0.05, 0.1) is 103 Å². The van der Waals surface area contributed by atoms with E-state index >= 15 is 0 Å². The number of aromatic nitrogens is 8. The van der Waals surface area contributed by atoms with Crippen LogP contribution in [0.15, 0.2) is 291 Å². The summed E-state index contributed by atoms with van der Waals surface area (Å²) in [4.78, 5) is 17.4. The summed E-state index contributed by atoms with van der Waals surface area (Å²) in [6, 6.07) is 104. The summed E-state index contributed by atoms with van der Waals surface area (Å²) >= 11 is 0. The van der Waals surface area contributed by atoms with E-state index in [1.165, 1.54) is 0 Å². The van der Waals surface area contributed by atoms with Gasteiger partial charge in [0.15, 0.2) is 17.5 Å². The Morgan fingerprint density at radius 1 is 0.215 bits per heavy atom. The molecule has 19 aromatic rings.